The topological polar surface area (TPSA) is 32.3 Å². The fourth-order valence-corrected chi connectivity index (χ4v) is 3.38. The number of hydrogen-bond donors (Lipinski definition) is 1. The lowest BCUT2D eigenvalue weighted by molar-refractivity contribution is -0.136. The first-order valence-electron chi connectivity index (χ1n) is 7.75. The van der Waals surface area contributed by atoms with Crippen LogP contribution in [0.1, 0.15) is 65.2 Å². The Morgan fingerprint density at radius 2 is 1.72 bits per heavy atom. The minimum absolute atomic E-state index is 0.0643. The predicted molar refractivity (Wildman–Crippen MR) is 74.5 cm³/mol. The van der Waals surface area contributed by atoms with Gasteiger partial charge in [0.25, 0.3) is 0 Å². The molecule has 2 rings (SSSR count). The highest BCUT2D eigenvalue weighted by Gasteiger charge is 2.32. The lowest BCUT2D eigenvalue weighted by atomic mass is 9.94. The van der Waals surface area contributed by atoms with E-state index in [2.05, 4.69) is 24.1 Å². The average Bonchev–Trinajstić information content (AvgIpc) is 2.53. The van der Waals surface area contributed by atoms with Crippen molar-refractivity contribution in [1.82, 2.24) is 10.2 Å². The molecule has 3 nitrogen and oxygen atoms in total. The van der Waals surface area contributed by atoms with E-state index in [1.807, 2.05) is 0 Å². The van der Waals surface area contributed by atoms with Crippen LogP contribution in [0.2, 0.25) is 0 Å². The molecular weight excluding hydrogens is 224 g/mol. The van der Waals surface area contributed by atoms with E-state index in [0.717, 1.165) is 13.0 Å². The van der Waals surface area contributed by atoms with Gasteiger partial charge in [0, 0.05) is 18.6 Å². The smallest absolute Gasteiger partial charge is 0.239 e. The minimum Gasteiger partial charge on any atom is -0.338 e. The maximum absolute atomic E-state index is 12.6. The number of carbonyl (C=O) groups is 1. The second-order valence-electron chi connectivity index (χ2n) is 6.19. The van der Waals surface area contributed by atoms with Crippen molar-refractivity contribution in [2.45, 2.75) is 83.3 Å². The average molecular weight is 252 g/mol. The van der Waals surface area contributed by atoms with Crippen LogP contribution in [0, 0.1) is 0 Å². The van der Waals surface area contributed by atoms with Crippen LogP contribution in [0.5, 0.6) is 0 Å². The van der Waals surface area contributed by atoms with Gasteiger partial charge in [-0.25, -0.2) is 0 Å². The van der Waals surface area contributed by atoms with Crippen LogP contribution in [0.3, 0.4) is 0 Å². The highest BCUT2D eigenvalue weighted by molar-refractivity contribution is 5.82. The van der Waals surface area contributed by atoms with Crippen LogP contribution in [-0.2, 0) is 4.79 Å². The summed E-state index contributed by atoms with van der Waals surface area (Å²) in [5.74, 6) is 0.369. The first-order chi connectivity index (χ1) is 8.68. The maximum atomic E-state index is 12.6. The second kappa shape index (κ2) is 6.55. The molecule has 0 aromatic heterocycles. The molecule has 1 aliphatic carbocycles. The van der Waals surface area contributed by atoms with Crippen molar-refractivity contribution in [3.63, 3.8) is 0 Å². The van der Waals surface area contributed by atoms with Crippen molar-refractivity contribution >= 4 is 5.91 Å². The fraction of sp³-hybridized carbons (Fsp3) is 0.933. The van der Waals surface area contributed by atoms with Gasteiger partial charge in [0.1, 0.15) is 0 Å². The van der Waals surface area contributed by atoms with Crippen molar-refractivity contribution in [2.75, 3.05) is 6.54 Å². The van der Waals surface area contributed by atoms with Gasteiger partial charge in [-0.3, -0.25) is 4.79 Å². The molecule has 1 atom stereocenters. The number of nitrogens with one attached hydrogen (secondary N) is 1. The van der Waals surface area contributed by atoms with Gasteiger partial charge in [0.05, 0.1) is 6.04 Å². The Balaban J connectivity index is 2.01. The molecule has 1 heterocycles. The van der Waals surface area contributed by atoms with E-state index in [1.54, 1.807) is 0 Å². The van der Waals surface area contributed by atoms with Gasteiger partial charge in [-0.2, -0.15) is 0 Å². The van der Waals surface area contributed by atoms with Gasteiger partial charge in [0.15, 0.2) is 0 Å². The van der Waals surface area contributed by atoms with E-state index in [4.69, 9.17) is 0 Å². The van der Waals surface area contributed by atoms with Gasteiger partial charge in [0.2, 0.25) is 5.91 Å². The van der Waals surface area contributed by atoms with Crippen LogP contribution >= 0.6 is 0 Å². The van der Waals surface area contributed by atoms with Crippen LogP contribution in [0.25, 0.3) is 0 Å². The third kappa shape index (κ3) is 3.47. The zero-order valence-electron chi connectivity index (χ0n) is 12.0. The Bertz CT molecular complexity index is 272. The molecule has 1 saturated carbocycles. The van der Waals surface area contributed by atoms with E-state index >= 15 is 0 Å². The number of carbonyl (C=O) groups excluding carboxylic acids is 1. The second-order valence-corrected chi connectivity index (χ2v) is 6.19. The number of rotatable bonds is 3. The summed E-state index contributed by atoms with van der Waals surface area (Å²) in [5, 5.41) is 3.45. The molecule has 0 radical (unpaired) electrons. The van der Waals surface area contributed by atoms with E-state index in [9.17, 15) is 4.79 Å². The first-order valence-corrected chi connectivity index (χ1v) is 7.75. The molecule has 2 aliphatic rings. The van der Waals surface area contributed by atoms with E-state index in [-0.39, 0.29) is 6.04 Å². The molecule has 1 unspecified atom stereocenters. The summed E-state index contributed by atoms with van der Waals surface area (Å²) in [6, 6.07) is 0.987. The summed E-state index contributed by atoms with van der Waals surface area (Å²) in [6.07, 6.45) is 9.78. The summed E-state index contributed by atoms with van der Waals surface area (Å²) < 4.78 is 0. The molecule has 1 aliphatic heterocycles. The van der Waals surface area contributed by atoms with Crippen molar-refractivity contribution in [2.24, 2.45) is 0 Å². The number of hydrogen-bond acceptors (Lipinski definition) is 2. The summed E-state index contributed by atoms with van der Waals surface area (Å²) in [4.78, 5) is 14.8. The van der Waals surface area contributed by atoms with E-state index in [1.165, 1.54) is 44.9 Å². The third-order valence-corrected chi connectivity index (χ3v) is 4.27. The molecule has 104 valence electrons. The van der Waals surface area contributed by atoms with Gasteiger partial charge in [-0.1, -0.05) is 33.1 Å². The number of amides is 1. The minimum atomic E-state index is 0.0643. The van der Waals surface area contributed by atoms with E-state index < -0.39 is 0 Å². The van der Waals surface area contributed by atoms with E-state index in [0.29, 0.717) is 18.0 Å². The Morgan fingerprint density at radius 3 is 2.39 bits per heavy atom. The normalized spacial score (nSPS) is 27.6. The quantitative estimate of drug-likeness (QED) is 0.837. The van der Waals surface area contributed by atoms with Crippen LogP contribution < -0.4 is 5.32 Å². The Labute approximate surface area is 111 Å². The highest BCUT2D eigenvalue weighted by Crippen LogP contribution is 2.25. The number of likely N-dealkylation sites (tertiary alicyclic amines) is 1. The molecule has 2 fully saturated rings. The predicted octanol–water partition coefficient (Wildman–Crippen LogP) is 2.70. The highest BCUT2D eigenvalue weighted by atomic mass is 16.2. The third-order valence-electron chi connectivity index (χ3n) is 4.27. The summed E-state index contributed by atoms with van der Waals surface area (Å²) >= 11 is 0. The van der Waals surface area contributed by atoms with Crippen LogP contribution in [0.15, 0.2) is 0 Å². The summed E-state index contributed by atoms with van der Waals surface area (Å²) in [6.45, 7) is 5.24. The van der Waals surface area contributed by atoms with Crippen LogP contribution in [-0.4, -0.2) is 35.5 Å². The van der Waals surface area contributed by atoms with Crippen molar-refractivity contribution < 1.29 is 4.79 Å². The molecule has 0 aromatic rings. The monoisotopic (exact) mass is 252 g/mol. The van der Waals surface area contributed by atoms with Gasteiger partial charge >= 0.3 is 0 Å². The molecule has 0 bridgehead atoms. The van der Waals surface area contributed by atoms with Gasteiger partial charge < -0.3 is 10.2 Å². The zero-order chi connectivity index (χ0) is 13.0. The molecule has 0 spiro atoms. The molecular formula is C15H28N2O. The molecule has 18 heavy (non-hydrogen) atoms. The SMILES string of the molecule is CC(C)NC1CCCCN(C2CCCCC2)C1=O. The fourth-order valence-electron chi connectivity index (χ4n) is 3.38. The summed E-state index contributed by atoms with van der Waals surface area (Å²) in [7, 11) is 0. The Kier molecular flexibility index (Phi) is 5.04. The maximum Gasteiger partial charge on any atom is 0.239 e. The largest absolute Gasteiger partial charge is 0.338 e. The van der Waals surface area contributed by atoms with Gasteiger partial charge in [-0.15, -0.1) is 0 Å². The standard InChI is InChI=1S/C15H28N2O/c1-12(2)16-14-10-6-7-11-17(15(14)18)13-8-4-3-5-9-13/h12-14,16H,3-11H2,1-2H3. The molecule has 1 amide bonds. The number of nitrogens with zero attached hydrogens (tertiary/aromatic N) is 1. The zero-order valence-corrected chi connectivity index (χ0v) is 12.0. The molecule has 3 heteroatoms. The summed E-state index contributed by atoms with van der Waals surface area (Å²) in [5.41, 5.74) is 0. The molecule has 0 aromatic carbocycles. The molecule has 1 saturated heterocycles. The van der Waals surface area contributed by atoms with Crippen molar-refractivity contribution in [3.05, 3.63) is 0 Å². The Hall–Kier alpha value is -0.570. The van der Waals surface area contributed by atoms with Crippen molar-refractivity contribution in [3.8, 4) is 0 Å². The van der Waals surface area contributed by atoms with Gasteiger partial charge in [-0.05, 0) is 32.1 Å². The van der Waals surface area contributed by atoms with Crippen molar-refractivity contribution in [1.29, 1.82) is 0 Å². The molecule has 1 N–H and O–H groups in total. The first kappa shape index (κ1) is 13.9. The Morgan fingerprint density at radius 1 is 1.06 bits per heavy atom. The van der Waals surface area contributed by atoms with Crippen LogP contribution in [0.4, 0.5) is 0 Å². The lowest BCUT2D eigenvalue weighted by Gasteiger charge is -2.35. The lowest BCUT2D eigenvalue weighted by Crippen LogP contribution is -2.51.